The second kappa shape index (κ2) is 16.2. The summed E-state index contributed by atoms with van der Waals surface area (Å²) in [5.41, 5.74) is 9.92. The Labute approximate surface area is 231 Å². The second-order valence-corrected chi connectivity index (χ2v) is 11.6. The zero-order chi connectivity index (χ0) is 28.2. The van der Waals surface area contributed by atoms with E-state index in [4.69, 9.17) is 19.6 Å². The van der Waals surface area contributed by atoms with Gasteiger partial charge in [0, 0.05) is 38.5 Å². The fourth-order valence-corrected chi connectivity index (χ4v) is 5.20. The van der Waals surface area contributed by atoms with Crippen molar-refractivity contribution in [2.24, 2.45) is 0 Å². The first-order valence-electron chi connectivity index (χ1n) is 13.2. The van der Waals surface area contributed by atoms with E-state index in [1.165, 1.54) is 33.4 Å². The third-order valence-electron chi connectivity index (χ3n) is 6.88. The zero-order valence-corrected chi connectivity index (χ0v) is 25.4. The standard InChI is InChI=1S/C28H38N2O4P2.C2H6/c1-21-22(2)28(8-6-26-11-15-30(16-12-26)18-20-36(33)34)24(4)23(3)27(21)7-5-25-9-13-29(14-10-25)17-19-35(31)32;1-2/h5-13,15,31-34H,14,16-20H2,1-4H3;1-2H3/b7-5+,8-6+;. The van der Waals surface area contributed by atoms with Gasteiger partial charge in [0.1, 0.15) is 0 Å². The van der Waals surface area contributed by atoms with E-state index in [9.17, 15) is 0 Å². The van der Waals surface area contributed by atoms with Gasteiger partial charge in [-0.25, -0.2) is 0 Å². The van der Waals surface area contributed by atoms with Gasteiger partial charge in [0.25, 0.3) is 0 Å². The molecule has 4 N–H and O–H groups in total. The Balaban J connectivity index is 0.00000247. The maximum absolute atomic E-state index is 9.12. The second-order valence-electron chi connectivity index (χ2n) is 9.22. The van der Waals surface area contributed by atoms with E-state index < -0.39 is 16.8 Å². The summed E-state index contributed by atoms with van der Waals surface area (Å²) < 4.78 is 0. The minimum Gasteiger partial charge on any atom is -0.373 e. The van der Waals surface area contributed by atoms with Gasteiger partial charge < -0.3 is 29.4 Å². The third-order valence-corrected chi connectivity index (χ3v) is 8.08. The molecule has 2 aliphatic rings. The number of hydrogen-bond acceptors (Lipinski definition) is 6. The molecule has 0 saturated heterocycles. The van der Waals surface area contributed by atoms with Crippen LogP contribution in [0.15, 0.2) is 60.0 Å². The van der Waals surface area contributed by atoms with Crippen molar-refractivity contribution in [3.63, 3.8) is 0 Å². The minimum atomic E-state index is -1.84. The molecule has 0 aromatic heterocycles. The largest absolute Gasteiger partial charge is 0.373 e. The summed E-state index contributed by atoms with van der Waals surface area (Å²) in [5, 5.41) is 0. The van der Waals surface area contributed by atoms with Crippen LogP contribution in [-0.2, 0) is 0 Å². The fourth-order valence-electron chi connectivity index (χ4n) is 4.33. The van der Waals surface area contributed by atoms with Gasteiger partial charge in [-0.05, 0) is 96.8 Å². The fraction of sp³-hybridized carbons (Fsp3) is 0.400. The Morgan fingerprint density at radius 1 is 0.632 bits per heavy atom. The molecule has 0 fully saturated rings. The number of rotatable bonds is 10. The van der Waals surface area contributed by atoms with Gasteiger partial charge in [0.05, 0.1) is 0 Å². The van der Waals surface area contributed by atoms with E-state index >= 15 is 0 Å². The normalized spacial score (nSPS) is 15.6. The summed E-state index contributed by atoms with van der Waals surface area (Å²) in [6, 6.07) is 0. The van der Waals surface area contributed by atoms with Crippen molar-refractivity contribution >= 4 is 28.9 Å². The van der Waals surface area contributed by atoms with Crippen LogP contribution < -0.4 is 0 Å². The zero-order valence-electron chi connectivity index (χ0n) is 23.6. The molecule has 0 aliphatic carbocycles. The van der Waals surface area contributed by atoms with Crippen molar-refractivity contribution in [2.75, 3.05) is 38.5 Å². The van der Waals surface area contributed by atoms with Crippen molar-refractivity contribution < 1.29 is 19.6 Å². The average molecular weight is 559 g/mol. The van der Waals surface area contributed by atoms with Crippen LogP contribution >= 0.6 is 16.8 Å². The lowest BCUT2D eigenvalue weighted by atomic mass is 9.88. The molecule has 6 nitrogen and oxygen atoms in total. The van der Waals surface area contributed by atoms with Crippen LogP contribution in [0.2, 0.25) is 0 Å². The summed E-state index contributed by atoms with van der Waals surface area (Å²) in [6.07, 6.45) is 22.0. The predicted octanol–water partition coefficient (Wildman–Crippen LogP) is 6.08. The number of hydrogen-bond donors (Lipinski definition) is 4. The Morgan fingerprint density at radius 2 is 0.974 bits per heavy atom. The first-order chi connectivity index (χ1) is 18.2. The summed E-state index contributed by atoms with van der Waals surface area (Å²) in [4.78, 5) is 40.7. The lowest BCUT2D eigenvalue weighted by molar-refractivity contribution is 0.416. The first kappa shape index (κ1) is 32.2. The maximum atomic E-state index is 9.12. The molecular weight excluding hydrogens is 514 g/mol. The molecule has 2 heterocycles. The van der Waals surface area contributed by atoms with Gasteiger partial charge in [-0.1, -0.05) is 50.3 Å². The smallest absolute Gasteiger partial charge is 0.166 e. The highest BCUT2D eigenvalue weighted by Gasteiger charge is 2.13. The Bertz CT molecular complexity index is 1000. The highest BCUT2D eigenvalue weighted by molar-refractivity contribution is 7.45. The van der Waals surface area contributed by atoms with E-state index in [1.54, 1.807) is 0 Å². The van der Waals surface area contributed by atoms with Crippen LogP contribution in [0, 0.1) is 27.7 Å². The van der Waals surface area contributed by atoms with Gasteiger partial charge >= 0.3 is 0 Å². The molecule has 0 unspecified atom stereocenters. The van der Waals surface area contributed by atoms with Gasteiger partial charge in [-0.2, -0.15) is 0 Å². The van der Waals surface area contributed by atoms with Crippen molar-refractivity contribution in [3.8, 4) is 0 Å². The summed E-state index contributed by atoms with van der Waals surface area (Å²) in [7, 11) is -3.68. The Hall–Kier alpha value is -2.04. The third kappa shape index (κ3) is 9.61. The highest BCUT2D eigenvalue weighted by atomic mass is 31.2. The number of nitrogens with zero attached hydrogens (tertiary/aromatic N) is 2. The molecule has 0 saturated carbocycles. The molecule has 1 aromatic carbocycles. The SMILES string of the molecule is CC.Cc1c(C)c(/C=C/C2=CCN(CCP(O)O)C=C2)c(C)c(C)c1/C=C/C1=CCN(CCP(O)O)C=C1. The van der Waals surface area contributed by atoms with Gasteiger partial charge in [-0.3, -0.25) is 0 Å². The van der Waals surface area contributed by atoms with E-state index in [2.05, 4.69) is 86.1 Å². The van der Waals surface area contributed by atoms with E-state index in [0.29, 0.717) is 25.4 Å². The van der Waals surface area contributed by atoms with Gasteiger partial charge in [0.2, 0.25) is 0 Å². The molecule has 3 rings (SSSR count). The van der Waals surface area contributed by atoms with Crippen LogP contribution in [0.4, 0.5) is 0 Å². The molecule has 0 bridgehead atoms. The van der Waals surface area contributed by atoms with Crippen LogP contribution in [0.5, 0.6) is 0 Å². The van der Waals surface area contributed by atoms with Crippen LogP contribution in [0.3, 0.4) is 0 Å². The number of benzene rings is 1. The predicted molar refractivity (Wildman–Crippen MR) is 165 cm³/mol. The molecule has 0 radical (unpaired) electrons. The number of allylic oxidation sites excluding steroid dienone is 6. The molecule has 0 amide bonds. The molecule has 208 valence electrons. The Kier molecular flexibility index (Phi) is 13.7. The summed E-state index contributed by atoms with van der Waals surface area (Å²) in [6.45, 7) is 15.6. The minimum absolute atomic E-state index is 0.401. The van der Waals surface area contributed by atoms with Crippen molar-refractivity contribution in [1.29, 1.82) is 0 Å². The highest BCUT2D eigenvalue weighted by Crippen LogP contribution is 2.30. The summed E-state index contributed by atoms with van der Waals surface area (Å²) >= 11 is 0. The van der Waals surface area contributed by atoms with Crippen LogP contribution in [-0.4, -0.2) is 67.9 Å². The van der Waals surface area contributed by atoms with Crippen molar-refractivity contribution in [3.05, 3.63) is 93.4 Å². The van der Waals surface area contributed by atoms with Crippen molar-refractivity contribution in [2.45, 2.75) is 41.5 Å². The molecule has 2 aliphatic heterocycles. The maximum Gasteiger partial charge on any atom is 0.166 e. The van der Waals surface area contributed by atoms with Gasteiger partial charge in [0.15, 0.2) is 16.8 Å². The van der Waals surface area contributed by atoms with Crippen molar-refractivity contribution in [1.82, 2.24) is 9.80 Å². The molecule has 0 atom stereocenters. The lowest BCUT2D eigenvalue weighted by Crippen LogP contribution is -2.22. The topological polar surface area (TPSA) is 87.4 Å². The van der Waals surface area contributed by atoms with E-state index in [1.807, 2.05) is 26.2 Å². The molecule has 0 spiro atoms. The molecule has 8 heteroatoms. The average Bonchev–Trinajstić information content (AvgIpc) is 2.92. The van der Waals surface area contributed by atoms with Gasteiger partial charge in [-0.15, -0.1) is 0 Å². The first-order valence-corrected chi connectivity index (χ1v) is 16.0. The quantitative estimate of drug-likeness (QED) is 0.261. The molecule has 38 heavy (non-hydrogen) atoms. The lowest BCUT2D eigenvalue weighted by Gasteiger charge is -2.22. The molecular formula is C30H44N2O4P2. The molecule has 1 aromatic rings. The summed E-state index contributed by atoms with van der Waals surface area (Å²) in [5.74, 6) is 0. The van der Waals surface area contributed by atoms with E-state index in [0.717, 1.165) is 24.2 Å². The van der Waals surface area contributed by atoms with Crippen LogP contribution in [0.1, 0.15) is 47.2 Å². The monoisotopic (exact) mass is 558 g/mol. The van der Waals surface area contributed by atoms with E-state index in [-0.39, 0.29) is 0 Å². The Morgan fingerprint density at radius 3 is 1.24 bits per heavy atom. The van der Waals surface area contributed by atoms with Crippen LogP contribution in [0.25, 0.3) is 12.2 Å².